The summed E-state index contributed by atoms with van der Waals surface area (Å²) in [5, 5.41) is 17.8. The minimum absolute atomic E-state index is 0.155. The van der Waals surface area contributed by atoms with Gasteiger partial charge in [0.05, 0.1) is 24.7 Å². The molecular weight excluding hydrogens is 190 g/mol. The van der Waals surface area contributed by atoms with E-state index < -0.39 is 0 Å². The molecule has 3 atom stereocenters. The lowest BCUT2D eigenvalue weighted by atomic mass is 10.0. The summed E-state index contributed by atoms with van der Waals surface area (Å²) in [5.74, 6) is 0.155. The summed E-state index contributed by atoms with van der Waals surface area (Å²) in [6.07, 6.45) is 2.93. The van der Waals surface area contributed by atoms with Gasteiger partial charge in [0.2, 0.25) is 0 Å². The quantitative estimate of drug-likeness (QED) is 0.638. The average molecular weight is 205 g/mol. The lowest BCUT2D eigenvalue weighted by Gasteiger charge is -2.35. The van der Waals surface area contributed by atoms with Crippen LogP contribution in [0.2, 0.25) is 0 Å². The van der Waals surface area contributed by atoms with Crippen molar-refractivity contribution in [1.82, 2.24) is 4.90 Å². The summed E-state index contributed by atoms with van der Waals surface area (Å²) in [5.41, 5.74) is 0. The van der Waals surface area contributed by atoms with E-state index in [9.17, 15) is 0 Å². The Morgan fingerprint density at radius 1 is 1.20 bits per heavy atom. The van der Waals surface area contributed by atoms with E-state index in [0.717, 1.165) is 25.8 Å². The lowest BCUT2D eigenvalue weighted by Crippen LogP contribution is -2.48. The zero-order valence-corrected chi connectivity index (χ0v) is 8.72. The van der Waals surface area contributed by atoms with Gasteiger partial charge in [-0.05, 0) is 12.8 Å². The maximum Gasteiger partial charge on any atom is 0.156 e. The first kappa shape index (κ1) is 10.4. The van der Waals surface area contributed by atoms with Crippen LogP contribution in [-0.2, 0) is 4.74 Å². The van der Waals surface area contributed by atoms with E-state index in [1.54, 1.807) is 0 Å². The molecule has 0 aromatic carbocycles. The van der Waals surface area contributed by atoms with E-state index in [1.165, 1.54) is 0 Å². The fraction of sp³-hybridized carbons (Fsp3) is 0.818. The van der Waals surface area contributed by atoms with Gasteiger partial charge in [0.1, 0.15) is 0 Å². The van der Waals surface area contributed by atoms with Crippen LogP contribution in [0.1, 0.15) is 19.3 Å². The van der Waals surface area contributed by atoms with Crippen LogP contribution in [0.3, 0.4) is 0 Å². The van der Waals surface area contributed by atoms with Gasteiger partial charge in [0.15, 0.2) is 6.10 Å². The molecule has 2 rings (SSSR count). The number of rotatable bonds is 1. The summed E-state index contributed by atoms with van der Waals surface area (Å²) < 4.78 is 5.30. The summed E-state index contributed by atoms with van der Waals surface area (Å²) in [6.45, 7) is 2.15. The lowest BCUT2D eigenvalue weighted by molar-refractivity contribution is -0.0200. The molecule has 0 aromatic rings. The van der Waals surface area contributed by atoms with Gasteiger partial charge in [0.25, 0.3) is 0 Å². The van der Waals surface area contributed by atoms with Crippen LogP contribution < -0.4 is 0 Å². The molecule has 1 aliphatic carbocycles. The first-order valence-corrected chi connectivity index (χ1v) is 5.50. The molecule has 1 saturated heterocycles. The molecule has 80 valence electrons. The van der Waals surface area contributed by atoms with Gasteiger partial charge in [-0.15, -0.1) is 0 Å². The Bertz CT molecular complexity index is 304. The molecule has 4 heteroatoms. The standard InChI is InChI=1S/C11H15N3O/c12-6-9-2-1-3-11(9)14-4-5-15-10(7-13)8-14/h9-11H,1-5,8H2. The second-order valence-corrected chi connectivity index (χ2v) is 4.22. The Labute approximate surface area is 90.0 Å². The van der Waals surface area contributed by atoms with Crippen LogP contribution in [0.25, 0.3) is 0 Å². The molecule has 2 fully saturated rings. The van der Waals surface area contributed by atoms with E-state index in [2.05, 4.69) is 17.0 Å². The van der Waals surface area contributed by atoms with Crippen molar-refractivity contribution in [1.29, 1.82) is 10.5 Å². The largest absolute Gasteiger partial charge is 0.361 e. The summed E-state index contributed by atoms with van der Waals surface area (Å²) >= 11 is 0. The molecule has 1 aliphatic heterocycles. The fourth-order valence-corrected chi connectivity index (χ4v) is 2.58. The van der Waals surface area contributed by atoms with Crippen LogP contribution in [0.15, 0.2) is 0 Å². The smallest absolute Gasteiger partial charge is 0.156 e. The molecule has 0 amide bonds. The van der Waals surface area contributed by atoms with Crippen LogP contribution in [-0.4, -0.2) is 36.7 Å². The maximum absolute atomic E-state index is 9.02. The predicted molar refractivity (Wildman–Crippen MR) is 53.7 cm³/mol. The minimum atomic E-state index is -0.307. The van der Waals surface area contributed by atoms with Gasteiger partial charge in [-0.25, -0.2) is 0 Å². The SMILES string of the molecule is N#CC1CN(C2CCCC2C#N)CCO1. The van der Waals surface area contributed by atoms with Crippen molar-refractivity contribution in [3.8, 4) is 12.1 Å². The molecule has 0 aromatic heterocycles. The highest BCUT2D eigenvalue weighted by molar-refractivity contribution is 5.00. The Morgan fingerprint density at radius 2 is 2.07 bits per heavy atom. The normalized spacial score (nSPS) is 37.1. The van der Waals surface area contributed by atoms with Gasteiger partial charge in [-0.2, -0.15) is 10.5 Å². The van der Waals surface area contributed by atoms with Gasteiger partial charge < -0.3 is 4.74 Å². The van der Waals surface area contributed by atoms with Crippen LogP contribution in [0.5, 0.6) is 0 Å². The van der Waals surface area contributed by atoms with Crippen molar-refractivity contribution in [2.75, 3.05) is 19.7 Å². The second-order valence-electron chi connectivity index (χ2n) is 4.22. The first-order valence-electron chi connectivity index (χ1n) is 5.50. The van der Waals surface area contributed by atoms with Gasteiger partial charge in [-0.3, -0.25) is 4.90 Å². The minimum Gasteiger partial charge on any atom is -0.361 e. The van der Waals surface area contributed by atoms with Crippen molar-refractivity contribution in [2.24, 2.45) is 5.92 Å². The number of hydrogen-bond donors (Lipinski definition) is 0. The Hall–Kier alpha value is -1.10. The highest BCUT2D eigenvalue weighted by atomic mass is 16.5. The first-order chi connectivity index (χ1) is 7.35. The van der Waals surface area contributed by atoms with Crippen molar-refractivity contribution >= 4 is 0 Å². The third-order valence-corrected chi connectivity index (χ3v) is 3.36. The molecule has 0 radical (unpaired) electrons. The Morgan fingerprint density at radius 3 is 2.80 bits per heavy atom. The monoisotopic (exact) mass is 205 g/mol. The van der Waals surface area contributed by atoms with Crippen molar-refractivity contribution in [3.63, 3.8) is 0 Å². The summed E-state index contributed by atoms with van der Waals surface area (Å²) in [6, 6.07) is 4.88. The van der Waals surface area contributed by atoms with Crippen molar-refractivity contribution in [3.05, 3.63) is 0 Å². The topological polar surface area (TPSA) is 60.0 Å². The Kier molecular flexibility index (Phi) is 3.20. The van der Waals surface area contributed by atoms with Crippen LogP contribution >= 0.6 is 0 Å². The molecule has 0 N–H and O–H groups in total. The second kappa shape index (κ2) is 4.61. The van der Waals surface area contributed by atoms with E-state index in [0.29, 0.717) is 19.2 Å². The van der Waals surface area contributed by atoms with E-state index >= 15 is 0 Å². The molecule has 3 unspecified atom stereocenters. The molecule has 4 nitrogen and oxygen atoms in total. The highest BCUT2D eigenvalue weighted by Crippen LogP contribution is 2.30. The molecule has 2 aliphatic rings. The van der Waals surface area contributed by atoms with Crippen molar-refractivity contribution < 1.29 is 4.74 Å². The summed E-state index contributed by atoms with van der Waals surface area (Å²) in [4.78, 5) is 2.26. The third-order valence-electron chi connectivity index (χ3n) is 3.36. The van der Waals surface area contributed by atoms with Crippen LogP contribution in [0.4, 0.5) is 0 Å². The molecule has 0 bridgehead atoms. The Balaban J connectivity index is 1.98. The van der Waals surface area contributed by atoms with E-state index in [4.69, 9.17) is 15.3 Å². The van der Waals surface area contributed by atoms with E-state index in [-0.39, 0.29) is 12.0 Å². The zero-order chi connectivity index (χ0) is 10.7. The predicted octanol–water partition coefficient (Wildman–Crippen LogP) is 0.903. The number of ether oxygens (including phenoxy) is 1. The molecule has 1 heterocycles. The number of nitrogens with zero attached hydrogens (tertiary/aromatic N) is 3. The zero-order valence-electron chi connectivity index (χ0n) is 8.72. The third kappa shape index (κ3) is 2.12. The number of nitriles is 2. The number of morpholine rings is 1. The van der Waals surface area contributed by atoms with Gasteiger partial charge >= 0.3 is 0 Å². The van der Waals surface area contributed by atoms with Gasteiger partial charge in [0, 0.05) is 19.1 Å². The van der Waals surface area contributed by atoms with Gasteiger partial charge in [-0.1, -0.05) is 6.42 Å². The molecule has 15 heavy (non-hydrogen) atoms. The molecular formula is C11H15N3O. The molecule has 0 spiro atoms. The number of hydrogen-bond acceptors (Lipinski definition) is 4. The molecule has 1 saturated carbocycles. The summed E-state index contributed by atoms with van der Waals surface area (Å²) in [7, 11) is 0. The van der Waals surface area contributed by atoms with Crippen LogP contribution in [0, 0.1) is 28.6 Å². The average Bonchev–Trinajstić information content (AvgIpc) is 2.77. The maximum atomic E-state index is 9.02. The fourth-order valence-electron chi connectivity index (χ4n) is 2.58. The van der Waals surface area contributed by atoms with E-state index in [1.807, 2.05) is 0 Å². The van der Waals surface area contributed by atoms with Crippen molar-refractivity contribution in [2.45, 2.75) is 31.4 Å². The highest BCUT2D eigenvalue weighted by Gasteiger charge is 2.34.